The molecule has 0 amide bonds. The molecular weight excluding hydrogens is 572 g/mol. The molecule has 2 aromatic rings. The number of benzene rings is 2. The first-order chi connectivity index (χ1) is 22.0. The lowest BCUT2D eigenvalue weighted by Gasteiger charge is -2.33. The highest BCUT2D eigenvalue weighted by molar-refractivity contribution is 6.04. The predicted octanol–water partition coefficient (Wildman–Crippen LogP) is 8.22. The molecule has 1 aliphatic carbocycles. The van der Waals surface area contributed by atoms with E-state index in [1.54, 1.807) is 6.92 Å². The second-order valence-corrected chi connectivity index (χ2v) is 13.2. The molecule has 2 heterocycles. The number of carbonyl (C=O) groups excluding carboxylic acids is 2. The lowest BCUT2D eigenvalue weighted by atomic mass is 9.71. The third-order valence-electron chi connectivity index (χ3n) is 9.77. The molecule has 1 unspecified atom stereocenters. The van der Waals surface area contributed by atoms with Crippen molar-refractivity contribution in [2.24, 2.45) is 5.41 Å². The molecule has 6 heteroatoms. The topological polar surface area (TPSA) is 58.9 Å². The van der Waals surface area contributed by atoms with Crippen LogP contribution in [0.2, 0.25) is 0 Å². The van der Waals surface area contributed by atoms with Crippen LogP contribution in [0.15, 0.2) is 109 Å². The minimum Gasteiger partial charge on any atom is -0.465 e. The van der Waals surface area contributed by atoms with Crippen LogP contribution in [0.25, 0.3) is 0 Å². The Labute approximate surface area is 274 Å². The van der Waals surface area contributed by atoms with Gasteiger partial charge in [0.2, 0.25) is 5.69 Å². The van der Waals surface area contributed by atoms with E-state index in [2.05, 4.69) is 137 Å². The molecule has 6 nitrogen and oxygen atoms in total. The van der Waals surface area contributed by atoms with Crippen molar-refractivity contribution in [1.29, 1.82) is 0 Å². The van der Waals surface area contributed by atoms with E-state index in [0.29, 0.717) is 0 Å². The first-order valence-electron chi connectivity index (χ1n) is 16.4. The van der Waals surface area contributed by atoms with Crippen LogP contribution >= 0.6 is 0 Å². The minimum absolute atomic E-state index is 0.160. The maximum Gasteiger partial charge on any atom is 0.328 e. The van der Waals surface area contributed by atoms with Gasteiger partial charge in [0, 0.05) is 41.1 Å². The zero-order chi connectivity index (χ0) is 33.3. The number of hydrogen-bond donors (Lipinski definition) is 0. The molecule has 0 aromatic heterocycles. The molecule has 0 fully saturated rings. The molecule has 0 N–H and O–H groups in total. The number of likely N-dealkylation sites (N-methyl/N-ethyl adjacent to an activating group) is 1. The van der Waals surface area contributed by atoms with Gasteiger partial charge in [-0.3, -0.25) is 9.59 Å². The zero-order valence-corrected chi connectivity index (χ0v) is 28.4. The van der Waals surface area contributed by atoms with Gasteiger partial charge in [-0.15, -0.1) is 0 Å². The van der Waals surface area contributed by atoms with Gasteiger partial charge in [0.25, 0.3) is 0 Å². The lowest BCUT2D eigenvalue weighted by Crippen LogP contribution is -2.43. The van der Waals surface area contributed by atoms with Crippen LogP contribution in [0, 0.1) is 5.41 Å². The number of para-hydroxylation sites is 2. The second-order valence-electron chi connectivity index (χ2n) is 13.2. The highest BCUT2D eigenvalue weighted by Crippen LogP contribution is 2.48. The summed E-state index contributed by atoms with van der Waals surface area (Å²) in [4.78, 5) is 29.6. The zero-order valence-electron chi connectivity index (χ0n) is 28.4. The molecule has 2 aromatic carbocycles. The van der Waals surface area contributed by atoms with E-state index in [0.717, 1.165) is 41.9 Å². The Morgan fingerprint density at radius 2 is 1.59 bits per heavy atom. The van der Waals surface area contributed by atoms with Crippen LogP contribution in [-0.4, -0.2) is 41.9 Å². The molecular formula is C40H47N2O4+. The first kappa shape index (κ1) is 32.9. The number of esters is 2. The van der Waals surface area contributed by atoms with Gasteiger partial charge in [0.05, 0.1) is 18.3 Å². The SMILES string of the molecule is C=COC(=O)C1(C(=O)OCC)CC(=CC=C2N(CC)c3ccccc3C2(C)C)C=C(C=CC2=[N+](CC)c3ccccc3C2(C)C)C1. The Morgan fingerprint density at radius 1 is 0.891 bits per heavy atom. The number of anilines is 1. The Balaban J connectivity index is 1.63. The minimum atomic E-state index is -1.54. The van der Waals surface area contributed by atoms with Crippen LogP contribution in [0.4, 0.5) is 11.4 Å². The van der Waals surface area contributed by atoms with Crippen LogP contribution in [0.1, 0.15) is 72.4 Å². The third-order valence-corrected chi connectivity index (χ3v) is 9.77. The van der Waals surface area contributed by atoms with E-state index < -0.39 is 17.4 Å². The Morgan fingerprint density at radius 3 is 2.26 bits per heavy atom. The van der Waals surface area contributed by atoms with E-state index in [4.69, 9.17) is 9.47 Å². The summed E-state index contributed by atoms with van der Waals surface area (Å²) in [6.45, 7) is 20.4. The fourth-order valence-electron chi connectivity index (χ4n) is 7.48. The molecule has 0 saturated heterocycles. The van der Waals surface area contributed by atoms with Crippen molar-refractivity contribution in [3.63, 3.8) is 0 Å². The van der Waals surface area contributed by atoms with E-state index in [9.17, 15) is 9.59 Å². The van der Waals surface area contributed by atoms with Crippen LogP contribution in [0.3, 0.4) is 0 Å². The average Bonchev–Trinajstić information content (AvgIpc) is 3.40. The highest BCUT2D eigenvalue weighted by atomic mass is 16.6. The standard InChI is InChI=1S/C40H47N2O4/c1-9-41-32-19-15-13-17-30(32)38(5,6)34(41)23-21-28-25-29(27-40(26-28,36(43)45-11-3)37(44)46-12-4)22-24-35-39(7,8)31-18-14-16-20-33(31)42(35)10-2/h11,13-25H,3,9-10,12,26-27H2,1-2,4-8H3/q+1. The molecule has 5 rings (SSSR count). The molecule has 3 aliphatic rings. The Hall–Kier alpha value is -4.45. The van der Waals surface area contributed by atoms with Gasteiger partial charge in [0.1, 0.15) is 6.54 Å². The first-order valence-corrected chi connectivity index (χ1v) is 16.4. The molecule has 46 heavy (non-hydrogen) atoms. The van der Waals surface area contributed by atoms with E-state index >= 15 is 0 Å². The molecule has 0 saturated carbocycles. The summed E-state index contributed by atoms with van der Waals surface area (Å²) in [6.07, 6.45) is 11.9. The second kappa shape index (κ2) is 12.7. The number of rotatable bonds is 9. The largest absolute Gasteiger partial charge is 0.465 e. The van der Waals surface area contributed by atoms with Crippen molar-refractivity contribution in [1.82, 2.24) is 0 Å². The molecule has 240 valence electrons. The fourth-order valence-corrected chi connectivity index (χ4v) is 7.48. The quantitative estimate of drug-likeness (QED) is 0.123. The number of fused-ring (bicyclic) bond motifs is 2. The number of carbonyl (C=O) groups is 2. The van der Waals surface area contributed by atoms with Crippen LogP contribution in [0.5, 0.6) is 0 Å². The number of ether oxygens (including phenoxy) is 2. The van der Waals surface area contributed by atoms with Gasteiger partial charge in [-0.1, -0.05) is 75.1 Å². The average molecular weight is 620 g/mol. The summed E-state index contributed by atoms with van der Waals surface area (Å²) in [5, 5.41) is 0. The smallest absolute Gasteiger partial charge is 0.328 e. The summed E-state index contributed by atoms with van der Waals surface area (Å²) in [7, 11) is 0. The van der Waals surface area contributed by atoms with E-state index in [1.165, 1.54) is 22.5 Å². The summed E-state index contributed by atoms with van der Waals surface area (Å²) < 4.78 is 13.2. The predicted molar refractivity (Wildman–Crippen MR) is 185 cm³/mol. The van der Waals surface area contributed by atoms with Crippen molar-refractivity contribution < 1.29 is 23.6 Å². The van der Waals surface area contributed by atoms with Crippen LogP contribution in [-0.2, 0) is 29.9 Å². The Bertz CT molecular complexity index is 1720. The van der Waals surface area contributed by atoms with Crippen LogP contribution < -0.4 is 4.90 Å². The van der Waals surface area contributed by atoms with Gasteiger partial charge in [-0.25, -0.2) is 0 Å². The van der Waals surface area contributed by atoms with Gasteiger partial charge >= 0.3 is 11.9 Å². The van der Waals surface area contributed by atoms with Crippen molar-refractivity contribution in [3.05, 3.63) is 120 Å². The number of hydrogen-bond acceptors (Lipinski definition) is 5. The van der Waals surface area contributed by atoms with Crippen molar-refractivity contribution in [2.45, 2.75) is 72.1 Å². The highest BCUT2D eigenvalue weighted by Gasteiger charge is 2.51. The Kier molecular flexibility index (Phi) is 9.12. The van der Waals surface area contributed by atoms with Gasteiger partial charge < -0.3 is 14.4 Å². The van der Waals surface area contributed by atoms with Gasteiger partial charge in [-0.2, -0.15) is 4.58 Å². The number of nitrogens with zero attached hydrogens (tertiary/aromatic N) is 2. The molecule has 0 spiro atoms. The van der Waals surface area contributed by atoms with E-state index in [1.807, 2.05) is 0 Å². The molecule has 0 bridgehead atoms. The summed E-state index contributed by atoms with van der Waals surface area (Å²) in [5.74, 6) is -1.24. The lowest BCUT2D eigenvalue weighted by molar-refractivity contribution is -0.433. The molecule has 2 aliphatic heterocycles. The third kappa shape index (κ3) is 5.48. The van der Waals surface area contributed by atoms with Crippen molar-refractivity contribution in [3.8, 4) is 0 Å². The fraction of sp³-hybridized carbons (Fsp3) is 0.375. The molecule has 0 radical (unpaired) electrons. The van der Waals surface area contributed by atoms with Crippen molar-refractivity contribution in [2.75, 3.05) is 24.6 Å². The summed E-state index contributed by atoms with van der Waals surface area (Å²) >= 11 is 0. The van der Waals surface area contributed by atoms with E-state index in [-0.39, 0.29) is 30.3 Å². The normalized spacial score (nSPS) is 23.0. The molecule has 1 atom stereocenters. The van der Waals surface area contributed by atoms with Gasteiger partial charge in [-0.05, 0) is 76.3 Å². The maximum absolute atomic E-state index is 13.7. The monoisotopic (exact) mass is 619 g/mol. The van der Waals surface area contributed by atoms with Gasteiger partial charge in [0.15, 0.2) is 11.1 Å². The number of allylic oxidation sites excluding steroid dienone is 8. The summed E-state index contributed by atoms with van der Waals surface area (Å²) in [5.41, 5.74) is 7.02. The summed E-state index contributed by atoms with van der Waals surface area (Å²) in [6, 6.07) is 17.0. The van der Waals surface area contributed by atoms with Crippen molar-refractivity contribution >= 4 is 29.0 Å². The maximum atomic E-state index is 13.7.